The summed E-state index contributed by atoms with van der Waals surface area (Å²) < 4.78 is 5.27. The third-order valence-electron chi connectivity index (χ3n) is 4.38. The van der Waals surface area contributed by atoms with Crippen molar-refractivity contribution in [2.75, 3.05) is 6.54 Å². The number of hydrogen-bond acceptors (Lipinski definition) is 3. The van der Waals surface area contributed by atoms with E-state index in [0.717, 1.165) is 25.7 Å². The van der Waals surface area contributed by atoms with Crippen LogP contribution in [0.1, 0.15) is 54.5 Å². The van der Waals surface area contributed by atoms with Gasteiger partial charge in [0, 0.05) is 25.2 Å². The SMILES string of the molecule is O=C(c1cc(Cl)c[nH]1)N1CCCCC[C@H]1C[C@H](O)c1ccco1. The number of aromatic amines is 1. The van der Waals surface area contributed by atoms with Gasteiger partial charge < -0.3 is 19.4 Å². The Morgan fingerprint density at radius 3 is 3.04 bits per heavy atom. The molecule has 6 heteroatoms. The highest BCUT2D eigenvalue weighted by molar-refractivity contribution is 6.30. The van der Waals surface area contributed by atoms with Gasteiger partial charge in [0.05, 0.1) is 11.3 Å². The van der Waals surface area contributed by atoms with Crippen LogP contribution in [0.5, 0.6) is 0 Å². The third-order valence-corrected chi connectivity index (χ3v) is 4.60. The zero-order chi connectivity index (χ0) is 16.2. The number of rotatable bonds is 4. The van der Waals surface area contributed by atoms with Gasteiger partial charge in [-0.1, -0.05) is 24.4 Å². The van der Waals surface area contributed by atoms with Gasteiger partial charge in [0.2, 0.25) is 0 Å². The molecule has 0 aromatic carbocycles. The van der Waals surface area contributed by atoms with E-state index in [1.807, 2.05) is 4.90 Å². The van der Waals surface area contributed by atoms with E-state index >= 15 is 0 Å². The fourth-order valence-electron chi connectivity index (χ4n) is 3.19. The Morgan fingerprint density at radius 1 is 1.48 bits per heavy atom. The molecule has 0 unspecified atom stereocenters. The highest BCUT2D eigenvalue weighted by Crippen LogP contribution is 2.28. The number of nitrogens with one attached hydrogen (secondary N) is 1. The van der Waals surface area contributed by atoms with Gasteiger partial charge in [0.1, 0.15) is 17.6 Å². The minimum Gasteiger partial charge on any atom is -0.467 e. The van der Waals surface area contributed by atoms with Crippen LogP contribution in [0.25, 0.3) is 0 Å². The van der Waals surface area contributed by atoms with Crippen LogP contribution in [-0.4, -0.2) is 33.5 Å². The van der Waals surface area contributed by atoms with Crippen LogP contribution in [0.2, 0.25) is 5.02 Å². The van der Waals surface area contributed by atoms with Crippen molar-refractivity contribution < 1.29 is 14.3 Å². The van der Waals surface area contributed by atoms with Gasteiger partial charge in [-0.3, -0.25) is 4.79 Å². The van der Waals surface area contributed by atoms with Crippen LogP contribution in [0, 0.1) is 0 Å². The number of nitrogens with zero attached hydrogens (tertiary/aromatic N) is 1. The molecule has 2 N–H and O–H groups in total. The van der Waals surface area contributed by atoms with Crippen molar-refractivity contribution in [3.05, 3.63) is 47.1 Å². The van der Waals surface area contributed by atoms with Crippen LogP contribution in [-0.2, 0) is 0 Å². The summed E-state index contributed by atoms with van der Waals surface area (Å²) >= 11 is 5.91. The minimum atomic E-state index is -0.698. The molecule has 1 saturated heterocycles. The molecule has 0 aliphatic carbocycles. The number of H-pyrrole nitrogens is 1. The standard InChI is InChI=1S/C17H21ClN2O3/c18-12-9-14(19-11-12)17(22)20-7-3-1-2-5-13(20)10-15(21)16-6-4-8-23-16/h4,6,8-9,11,13,15,19,21H,1-3,5,7,10H2/t13-,15-/m0/s1. The fourth-order valence-corrected chi connectivity index (χ4v) is 3.35. The van der Waals surface area contributed by atoms with Gasteiger partial charge in [-0.15, -0.1) is 0 Å². The third kappa shape index (κ3) is 3.79. The number of furan rings is 1. The number of aliphatic hydroxyl groups excluding tert-OH is 1. The van der Waals surface area contributed by atoms with Gasteiger partial charge in [0.25, 0.3) is 5.91 Å². The van der Waals surface area contributed by atoms with E-state index in [9.17, 15) is 9.90 Å². The quantitative estimate of drug-likeness (QED) is 0.892. The first-order valence-corrected chi connectivity index (χ1v) is 8.39. The van der Waals surface area contributed by atoms with E-state index in [-0.39, 0.29) is 11.9 Å². The first-order valence-electron chi connectivity index (χ1n) is 8.01. The zero-order valence-corrected chi connectivity index (χ0v) is 13.6. The second-order valence-electron chi connectivity index (χ2n) is 6.00. The lowest BCUT2D eigenvalue weighted by Gasteiger charge is -2.31. The molecule has 3 rings (SSSR count). The maximum absolute atomic E-state index is 12.8. The van der Waals surface area contributed by atoms with Gasteiger partial charge >= 0.3 is 0 Å². The normalized spacial score (nSPS) is 20.3. The molecule has 2 atom stereocenters. The van der Waals surface area contributed by atoms with Crippen LogP contribution in [0.4, 0.5) is 0 Å². The maximum Gasteiger partial charge on any atom is 0.270 e. The average Bonchev–Trinajstić information content (AvgIpc) is 3.16. The van der Waals surface area contributed by atoms with E-state index in [1.54, 1.807) is 30.7 Å². The highest BCUT2D eigenvalue weighted by Gasteiger charge is 2.29. The number of likely N-dealkylation sites (tertiary alicyclic amines) is 1. The van der Waals surface area contributed by atoms with E-state index in [4.69, 9.17) is 16.0 Å². The van der Waals surface area contributed by atoms with E-state index < -0.39 is 6.10 Å². The van der Waals surface area contributed by atoms with Crippen molar-refractivity contribution >= 4 is 17.5 Å². The molecule has 1 fully saturated rings. The van der Waals surface area contributed by atoms with Crippen molar-refractivity contribution in [3.8, 4) is 0 Å². The van der Waals surface area contributed by atoms with Gasteiger partial charge in [0.15, 0.2) is 0 Å². The molecule has 0 saturated carbocycles. The molecule has 1 aliphatic heterocycles. The number of carbonyl (C=O) groups is 1. The van der Waals surface area contributed by atoms with Gasteiger partial charge in [-0.05, 0) is 31.0 Å². The Labute approximate surface area is 140 Å². The molecule has 2 aromatic heterocycles. The summed E-state index contributed by atoms with van der Waals surface area (Å²) in [5.41, 5.74) is 0.495. The molecule has 5 nitrogen and oxygen atoms in total. The van der Waals surface area contributed by atoms with E-state index in [1.165, 1.54) is 0 Å². The first kappa shape index (κ1) is 16.1. The molecule has 23 heavy (non-hydrogen) atoms. The Bertz CT molecular complexity index is 638. The lowest BCUT2D eigenvalue weighted by Crippen LogP contribution is -2.41. The maximum atomic E-state index is 12.8. The van der Waals surface area contributed by atoms with E-state index in [0.29, 0.717) is 29.4 Å². The van der Waals surface area contributed by atoms with Crippen molar-refractivity contribution in [2.24, 2.45) is 0 Å². The minimum absolute atomic E-state index is 0.00724. The lowest BCUT2D eigenvalue weighted by molar-refractivity contribution is 0.0553. The molecule has 1 aliphatic rings. The highest BCUT2D eigenvalue weighted by atomic mass is 35.5. The first-order chi connectivity index (χ1) is 11.1. The second-order valence-corrected chi connectivity index (χ2v) is 6.44. The average molecular weight is 337 g/mol. The number of carbonyl (C=O) groups excluding carboxylic acids is 1. The molecule has 0 bridgehead atoms. The largest absolute Gasteiger partial charge is 0.467 e. The van der Waals surface area contributed by atoms with Crippen molar-refractivity contribution in [3.63, 3.8) is 0 Å². The number of halogens is 1. The van der Waals surface area contributed by atoms with Crippen LogP contribution >= 0.6 is 11.6 Å². The number of hydrogen-bond donors (Lipinski definition) is 2. The zero-order valence-electron chi connectivity index (χ0n) is 12.9. The summed E-state index contributed by atoms with van der Waals surface area (Å²) in [6, 6.07) is 5.16. The van der Waals surface area contributed by atoms with E-state index in [2.05, 4.69) is 4.98 Å². The monoisotopic (exact) mass is 336 g/mol. The van der Waals surface area contributed by atoms with Crippen LogP contribution in [0.3, 0.4) is 0 Å². The molecular formula is C17H21ClN2O3. The van der Waals surface area contributed by atoms with Crippen molar-refractivity contribution in [1.82, 2.24) is 9.88 Å². The number of aromatic nitrogens is 1. The summed E-state index contributed by atoms with van der Waals surface area (Å²) in [4.78, 5) is 17.6. The van der Waals surface area contributed by atoms with Gasteiger partial charge in [-0.2, -0.15) is 0 Å². The molecule has 0 radical (unpaired) electrons. The summed E-state index contributed by atoms with van der Waals surface area (Å²) in [6.45, 7) is 0.699. The van der Waals surface area contributed by atoms with Crippen LogP contribution in [0.15, 0.2) is 35.1 Å². The number of aliphatic hydroxyl groups is 1. The van der Waals surface area contributed by atoms with Crippen LogP contribution < -0.4 is 0 Å². The van der Waals surface area contributed by atoms with Gasteiger partial charge in [-0.25, -0.2) is 0 Å². The predicted octanol–water partition coefficient (Wildman–Crippen LogP) is 3.77. The summed E-state index contributed by atoms with van der Waals surface area (Å²) in [6.07, 6.45) is 6.97. The number of amides is 1. The molecule has 124 valence electrons. The Morgan fingerprint density at radius 2 is 2.35 bits per heavy atom. The summed E-state index contributed by atoms with van der Waals surface area (Å²) in [5.74, 6) is 0.486. The molecule has 2 aromatic rings. The molecular weight excluding hydrogens is 316 g/mol. The molecule has 3 heterocycles. The lowest BCUT2D eigenvalue weighted by atomic mass is 10.0. The second kappa shape index (κ2) is 7.23. The fraction of sp³-hybridized carbons (Fsp3) is 0.471. The van der Waals surface area contributed by atoms with Crippen molar-refractivity contribution in [2.45, 2.75) is 44.2 Å². The Balaban J connectivity index is 1.75. The Kier molecular flexibility index (Phi) is 5.08. The topological polar surface area (TPSA) is 69.5 Å². The molecule has 1 amide bonds. The smallest absolute Gasteiger partial charge is 0.270 e. The molecule has 0 spiro atoms. The van der Waals surface area contributed by atoms with Crippen molar-refractivity contribution in [1.29, 1.82) is 0 Å². The predicted molar refractivity (Wildman–Crippen MR) is 87.4 cm³/mol. The summed E-state index contributed by atoms with van der Waals surface area (Å²) in [5, 5.41) is 10.9. The summed E-state index contributed by atoms with van der Waals surface area (Å²) in [7, 11) is 0. The Hall–Kier alpha value is -1.72.